The summed E-state index contributed by atoms with van der Waals surface area (Å²) in [5.74, 6) is 3.66. The lowest BCUT2D eigenvalue weighted by atomic mass is 9.64. The number of nitrogens with zero attached hydrogens (tertiary/aromatic N) is 2. The van der Waals surface area contributed by atoms with Crippen LogP contribution in [0.2, 0.25) is 0 Å². The highest BCUT2D eigenvalue weighted by Gasteiger charge is 2.59. The third-order valence-corrected chi connectivity index (χ3v) is 14.0. The Kier molecular flexibility index (Phi) is 16.0. The van der Waals surface area contributed by atoms with Gasteiger partial charge in [0.05, 0.1) is 30.1 Å². The third-order valence-electron chi connectivity index (χ3n) is 14.0. The summed E-state index contributed by atoms with van der Waals surface area (Å²) >= 11 is 0. The van der Waals surface area contributed by atoms with E-state index in [1.807, 2.05) is 30.3 Å². The molecule has 2 aromatic rings. The number of allylic oxidation sites excluding steroid dienone is 3. The van der Waals surface area contributed by atoms with E-state index in [4.69, 9.17) is 25.9 Å². The molecule has 6 aliphatic rings. The smallest absolute Gasteiger partial charge is 0.196 e. The normalized spacial score (nSPS) is 25.7. The molecule has 1 aromatic heterocycles. The summed E-state index contributed by atoms with van der Waals surface area (Å²) in [5, 5.41) is 56.1. The van der Waals surface area contributed by atoms with Crippen molar-refractivity contribution < 1.29 is 35.0 Å². The van der Waals surface area contributed by atoms with Crippen molar-refractivity contribution in [2.75, 3.05) is 32.0 Å². The molecular formula is C50H71N5O7. The number of hydrogen-bond donors (Lipinski definition) is 8. The highest BCUT2D eigenvalue weighted by molar-refractivity contribution is 6.07. The minimum atomic E-state index is -0.963. The fourth-order valence-corrected chi connectivity index (χ4v) is 10.6. The lowest BCUT2D eigenvalue weighted by Gasteiger charge is -2.39. The highest BCUT2D eigenvalue weighted by atomic mass is 16.5. The summed E-state index contributed by atoms with van der Waals surface area (Å²) in [6.45, 7) is 3.01. The van der Waals surface area contributed by atoms with Crippen LogP contribution in [0.25, 0.3) is 0 Å². The van der Waals surface area contributed by atoms with E-state index < -0.39 is 12.2 Å². The number of pyridine rings is 1. The molecule has 1 spiro atoms. The van der Waals surface area contributed by atoms with Crippen molar-refractivity contribution in [3.8, 4) is 11.5 Å². The van der Waals surface area contributed by atoms with Gasteiger partial charge in [-0.3, -0.25) is 0 Å². The highest BCUT2D eigenvalue weighted by Crippen LogP contribution is 2.60. The fourth-order valence-electron chi connectivity index (χ4n) is 10.6. The Balaban J connectivity index is 0.814. The maximum atomic E-state index is 11.4. The molecule has 0 amide bonds. The second kappa shape index (κ2) is 21.6. The number of nitrogens with two attached hydrogens (primary N) is 2. The molecule has 4 aliphatic carbocycles. The molecule has 2 saturated carbocycles. The molecule has 9 atom stereocenters. The van der Waals surface area contributed by atoms with E-state index in [1.54, 1.807) is 19.2 Å². The monoisotopic (exact) mass is 854 g/mol. The van der Waals surface area contributed by atoms with Crippen molar-refractivity contribution in [2.45, 2.75) is 140 Å². The van der Waals surface area contributed by atoms with Crippen LogP contribution < -0.4 is 21.5 Å². The van der Waals surface area contributed by atoms with Crippen LogP contribution in [0.15, 0.2) is 77.2 Å². The summed E-state index contributed by atoms with van der Waals surface area (Å²) in [7, 11) is 0. The topological polar surface area (TPSA) is 209 Å². The molecule has 9 unspecified atom stereocenters. The van der Waals surface area contributed by atoms with E-state index in [2.05, 4.69) is 28.5 Å². The predicted octanol–water partition coefficient (Wildman–Crippen LogP) is 6.21. The van der Waals surface area contributed by atoms with Crippen molar-refractivity contribution in [1.82, 2.24) is 10.3 Å². The molecule has 0 radical (unpaired) electrons. The number of aromatic nitrogens is 1. The second-order valence-corrected chi connectivity index (χ2v) is 18.7. The third kappa shape index (κ3) is 11.6. The van der Waals surface area contributed by atoms with E-state index in [9.17, 15) is 25.5 Å². The first-order chi connectivity index (χ1) is 30.0. The van der Waals surface area contributed by atoms with Crippen molar-refractivity contribution in [1.29, 1.82) is 0 Å². The fraction of sp³-hybridized carbons (Fsp3) is 0.600. The van der Waals surface area contributed by atoms with E-state index in [0.29, 0.717) is 55.8 Å². The van der Waals surface area contributed by atoms with E-state index in [0.717, 1.165) is 99.3 Å². The van der Waals surface area contributed by atoms with Crippen molar-refractivity contribution >= 4 is 11.5 Å². The van der Waals surface area contributed by atoms with Gasteiger partial charge in [0.2, 0.25) is 0 Å². The van der Waals surface area contributed by atoms with Gasteiger partial charge in [-0.2, -0.15) is 12.0 Å². The first-order valence-electron chi connectivity index (χ1n) is 23.4. The van der Waals surface area contributed by atoms with Gasteiger partial charge in [0, 0.05) is 43.5 Å². The standard InChI is InChI=1S/C50H71N5O7/c1-32(57)28-53-29-42-41-27-43(55-49(41)35-18-21-50(42)20-6-7-37(50)25-35)45(60)31-61-47-23-33(12-17-44(47)59)11-16-40-26-36(30-56)46(62-40)9-5-3-2-4-8-38(51)13-15-39(58)14-10-34-19-22-54-48(52)24-34/h12,17-19,21-24,26-27,32,35,37-39,42,45-46,53,56-60H,2-11,13-16,20,25,28-31,51H2,1H3,(H2,52,54). The van der Waals surface area contributed by atoms with Gasteiger partial charge in [0.15, 0.2) is 29.4 Å². The zero-order chi connectivity index (χ0) is 43.6. The number of aliphatic hydroxyl groups excluding tert-OH is 4. The van der Waals surface area contributed by atoms with Crippen LogP contribution in [0.4, 0.5) is 5.82 Å². The number of benzene rings is 1. The van der Waals surface area contributed by atoms with Crippen molar-refractivity contribution in [3.05, 3.63) is 95.3 Å². The Bertz CT molecular complexity index is 1900. The number of anilines is 1. The molecule has 10 N–H and O–H groups in total. The average Bonchev–Trinajstić information content (AvgIpc) is 3.98. The van der Waals surface area contributed by atoms with Gasteiger partial charge in [-0.15, -0.1) is 4.99 Å². The van der Waals surface area contributed by atoms with Gasteiger partial charge < -0.3 is 51.8 Å². The summed E-state index contributed by atoms with van der Waals surface area (Å²) in [6.07, 6.45) is 23.6. The Morgan fingerprint density at radius 3 is 2.69 bits per heavy atom. The summed E-state index contributed by atoms with van der Waals surface area (Å²) < 4.78 is 12.4. The molecule has 0 saturated heterocycles. The van der Waals surface area contributed by atoms with Crippen molar-refractivity contribution in [3.63, 3.8) is 0 Å². The molecular weight excluding hydrogens is 783 g/mol. The number of aliphatic hydroxyl groups is 4. The lowest BCUT2D eigenvalue weighted by molar-refractivity contribution is 0.119. The minimum Gasteiger partial charge on any atom is -0.592 e. The first-order valence-corrected chi connectivity index (χ1v) is 23.4. The molecule has 12 nitrogen and oxygen atoms in total. The number of unbranched alkanes of at least 4 members (excludes halogenated alkanes) is 3. The van der Waals surface area contributed by atoms with Crippen LogP contribution in [0.1, 0.15) is 108 Å². The van der Waals surface area contributed by atoms with E-state index >= 15 is 0 Å². The summed E-state index contributed by atoms with van der Waals surface area (Å²) in [5.41, 5.74) is 16.5. The zero-order valence-corrected chi connectivity index (χ0v) is 36.6. The maximum Gasteiger partial charge on any atom is 0.196 e. The largest absolute Gasteiger partial charge is 0.592 e. The maximum absolute atomic E-state index is 11.4. The molecule has 2 aliphatic heterocycles. The van der Waals surface area contributed by atoms with Crippen LogP contribution in [0, 0.1) is 35.1 Å². The van der Waals surface area contributed by atoms with Crippen LogP contribution in [-0.4, -0.2) is 93.0 Å². The molecule has 1 aromatic carbocycles. The Morgan fingerprint density at radius 1 is 1.03 bits per heavy atom. The number of rotatable bonds is 25. The number of nitrogen functional groups attached to an aromatic ring is 1. The molecule has 338 valence electrons. The van der Waals surface area contributed by atoms with Crippen LogP contribution in [0.3, 0.4) is 0 Å². The summed E-state index contributed by atoms with van der Waals surface area (Å²) in [6, 6.07) is 9.79. The van der Waals surface area contributed by atoms with Crippen molar-refractivity contribution in [2.24, 2.45) is 33.9 Å². The number of aryl methyl sites for hydroxylation is 2. The quantitative estimate of drug-likeness (QED) is 0.0320. The summed E-state index contributed by atoms with van der Waals surface area (Å²) in [4.78, 5) is 9.06. The Hall–Kier alpha value is -4.04. The molecule has 62 heavy (non-hydrogen) atoms. The van der Waals surface area contributed by atoms with Crippen LogP contribution >= 0.6 is 0 Å². The number of ether oxygens (including phenoxy) is 2. The number of phenolic OH excluding ortho intramolecular Hbond substituents is 1. The van der Waals surface area contributed by atoms with Crippen LogP contribution in [0.5, 0.6) is 11.5 Å². The van der Waals surface area contributed by atoms with E-state index in [1.165, 1.54) is 18.4 Å². The number of nitrogens with one attached hydrogen (secondary N) is 1. The second-order valence-electron chi connectivity index (χ2n) is 18.7. The average molecular weight is 854 g/mol. The minimum absolute atomic E-state index is 0.0118. The molecule has 8 rings (SSSR count). The van der Waals surface area contributed by atoms with Gasteiger partial charge in [-0.1, -0.05) is 62.5 Å². The Morgan fingerprint density at radius 2 is 1.87 bits per heavy atom. The number of aromatic hydroxyl groups is 1. The Labute approximate surface area is 368 Å². The van der Waals surface area contributed by atoms with Gasteiger partial charge in [0.1, 0.15) is 18.0 Å². The molecule has 3 heterocycles. The van der Waals surface area contributed by atoms with Gasteiger partial charge >= 0.3 is 0 Å². The van der Waals surface area contributed by atoms with Gasteiger partial charge in [-0.05, 0) is 112 Å². The number of hydrogen-bond acceptors (Lipinski definition) is 12. The zero-order valence-electron chi connectivity index (χ0n) is 36.6. The molecule has 2 fully saturated rings. The lowest BCUT2D eigenvalue weighted by Crippen LogP contribution is -2.41. The first kappa shape index (κ1) is 46.0. The van der Waals surface area contributed by atoms with Crippen LogP contribution in [-0.2, 0) is 17.6 Å². The van der Waals surface area contributed by atoms with Gasteiger partial charge in [-0.25, -0.2) is 4.98 Å². The molecule has 12 heteroatoms. The number of phenols is 1. The predicted molar refractivity (Wildman–Crippen MR) is 243 cm³/mol. The van der Waals surface area contributed by atoms with E-state index in [-0.39, 0.29) is 54.5 Å². The van der Waals surface area contributed by atoms with Gasteiger partial charge in [0.25, 0.3) is 0 Å². The SMILES string of the molecule is CC(O)CNCC1C2=C[C+](C(O)COc3cc(CCC4=C[C-](CO)C(CCCCCCC(N)CCC(O)CCc5ccnc(N)c5)O4)ccc3O)N=C2C2C=CC13CCCC3C2. The molecule has 2 bridgehead atoms. The number of aliphatic imine (C=N–C) groups is 1.